The van der Waals surface area contributed by atoms with Gasteiger partial charge in [0.15, 0.2) is 0 Å². The Morgan fingerprint density at radius 2 is 1.97 bits per heavy atom. The van der Waals surface area contributed by atoms with Gasteiger partial charge in [-0.25, -0.2) is 4.39 Å². The molecule has 0 fully saturated rings. The van der Waals surface area contributed by atoms with Crippen LogP contribution in [-0.4, -0.2) is 30.2 Å². The molecule has 0 aromatic heterocycles. The van der Waals surface area contributed by atoms with E-state index in [9.17, 15) is 19.6 Å². The number of halogens is 1. The van der Waals surface area contributed by atoms with Gasteiger partial charge in [-0.1, -0.05) is 48.5 Å². The van der Waals surface area contributed by atoms with Crippen molar-refractivity contribution in [3.63, 3.8) is 0 Å². The number of fused-ring (bicyclic) bond motifs is 1. The Labute approximate surface area is 198 Å². The van der Waals surface area contributed by atoms with Crippen LogP contribution in [0, 0.1) is 17.1 Å². The number of anilines is 2. The highest BCUT2D eigenvalue weighted by Gasteiger charge is 2.28. The molecule has 174 valence electrons. The number of carboxylic acids is 1. The van der Waals surface area contributed by atoms with Crippen LogP contribution in [-0.2, 0) is 11.2 Å². The molecule has 3 aromatic rings. The number of aliphatic carboxylic acids is 1. The lowest BCUT2D eigenvalue weighted by atomic mass is 9.95. The summed E-state index contributed by atoms with van der Waals surface area (Å²) in [4.78, 5) is 11.3. The van der Waals surface area contributed by atoms with Crippen molar-refractivity contribution in [3.8, 4) is 6.07 Å². The molecule has 4 N–H and O–H groups in total. The number of rotatable bonds is 8. The Morgan fingerprint density at radius 1 is 1.18 bits per heavy atom. The van der Waals surface area contributed by atoms with E-state index in [1.165, 1.54) is 12.1 Å². The maximum Gasteiger partial charge on any atom is 0.310 e. The van der Waals surface area contributed by atoms with E-state index in [0.717, 1.165) is 16.9 Å². The Bertz CT molecular complexity index is 1210. The van der Waals surface area contributed by atoms with E-state index in [0.29, 0.717) is 36.2 Å². The van der Waals surface area contributed by atoms with E-state index < -0.39 is 11.9 Å². The monoisotopic (exact) mass is 458 g/mol. The van der Waals surface area contributed by atoms with Gasteiger partial charge in [0.05, 0.1) is 34.9 Å². The molecular weight excluding hydrogens is 431 g/mol. The van der Waals surface area contributed by atoms with E-state index >= 15 is 0 Å². The predicted octanol–water partition coefficient (Wildman–Crippen LogP) is 4.67. The number of hydrogen-bond acceptors (Lipinski definition) is 5. The summed E-state index contributed by atoms with van der Waals surface area (Å²) in [5.74, 6) is -1.98. The van der Waals surface area contributed by atoms with Gasteiger partial charge in [0.1, 0.15) is 11.9 Å². The molecule has 3 atom stereocenters. The summed E-state index contributed by atoms with van der Waals surface area (Å²) in [5, 5.41) is 29.3. The first-order valence-corrected chi connectivity index (χ1v) is 11.3. The first kappa shape index (κ1) is 23.3. The molecule has 0 saturated heterocycles. The third-order valence-electron chi connectivity index (χ3n) is 6.29. The second kappa shape index (κ2) is 10.4. The van der Waals surface area contributed by atoms with Crippen molar-refractivity contribution in [2.24, 2.45) is 0 Å². The van der Waals surface area contributed by atoms with E-state index in [1.807, 2.05) is 42.5 Å². The Balaban J connectivity index is 1.52. The molecule has 0 bridgehead atoms. The van der Waals surface area contributed by atoms with Crippen LogP contribution in [0.3, 0.4) is 0 Å². The smallest absolute Gasteiger partial charge is 0.310 e. The van der Waals surface area contributed by atoms with Gasteiger partial charge in [-0.15, -0.1) is 0 Å². The summed E-state index contributed by atoms with van der Waals surface area (Å²) in [6.45, 7) is 2.73. The average molecular weight is 459 g/mol. The molecule has 0 saturated carbocycles. The summed E-state index contributed by atoms with van der Waals surface area (Å²) in [6.07, 6.45) is 0.412. The normalized spacial score (nSPS) is 16.3. The van der Waals surface area contributed by atoms with Crippen LogP contribution in [0.4, 0.5) is 15.8 Å². The minimum atomic E-state index is -0.937. The number of nitrogens with one attached hydrogen (secondary N) is 3. The van der Waals surface area contributed by atoms with Crippen molar-refractivity contribution in [1.82, 2.24) is 5.32 Å². The topological polar surface area (TPSA) is 97.2 Å². The van der Waals surface area contributed by atoms with Gasteiger partial charge < -0.3 is 21.1 Å². The maximum absolute atomic E-state index is 14.5. The third kappa shape index (κ3) is 5.03. The standard InChI is InChI=1S/C27H27FN4O2/c1-17(27(33)34)19-10-11-22(28)20(14-19)12-13-30-25(18-6-3-2-4-7-18)24-16-31-23-9-5-8-21(15-29)26(23)32-24/h2-11,14,17,24-25,30-32H,12-13,16H2,1H3,(H,33,34)/t17-,24-,25-/m1/s1. The van der Waals surface area contributed by atoms with Crippen molar-refractivity contribution < 1.29 is 14.3 Å². The van der Waals surface area contributed by atoms with Crippen molar-refractivity contribution >= 4 is 17.3 Å². The van der Waals surface area contributed by atoms with Crippen molar-refractivity contribution in [2.45, 2.75) is 31.3 Å². The minimum Gasteiger partial charge on any atom is -0.481 e. The Morgan fingerprint density at radius 3 is 2.71 bits per heavy atom. The fourth-order valence-corrected chi connectivity index (χ4v) is 4.32. The molecule has 4 rings (SSSR count). The third-order valence-corrected chi connectivity index (χ3v) is 6.29. The van der Waals surface area contributed by atoms with Gasteiger partial charge in [0.25, 0.3) is 0 Å². The van der Waals surface area contributed by atoms with Crippen LogP contribution in [0.1, 0.15) is 41.1 Å². The molecule has 3 aromatic carbocycles. The number of hydrogen-bond donors (Lipinski definition) is 4. The fourth-order valence-electron chi connectivity index (χ4n) is 4.32. The van der Waals surface area contributed by atoms with Gasteiger partial charge >= 0.3 is 5.97 Å². The van der Waals surface area contributed by atoms with Gasteiger partial charge in [-0.2, -0.15) is 5.26 Å². The minimum absolute atomic E-state index is 0.0485. The molecule has 1 heterocycles. The van der Waals surface area contributed by atoms with Crippen molar-refractivity contribution in [1.29, 1.82) is 5.26 Å². The molecule has 7 heteroatoms. The quantitative estimate of drug-likeness (QED) is 0.392. The highest BCUT2D eigenvalue weighted by Crippen LogP contribution is 2.33. The SMILES string of the molecule is C[C@@H](C(=O)O)c1ccc(F)c(CCN[C@H](c2ccccc2)[C@H]2CNc3cccc(C#N)c3N2)c1. The van der Waals surface area contributed by atoms with Crippen LogP contribution in [0.15, 0.2) is 66.7 Å². The van der Waals surface area contributed by atoms with Crippen LogP contribution in [0.2, 0.25) is 0 Å². The Hall–Kier alpha value is -3.89. The van der Waals surface area contributed by atoms with Gasteiger partial charge in [0, 0.05) is 6.54 Å². The second-order valence-electron chi connectivity index (χ2n) is 8.47. The van der Waals surface area contributed by atoms with E-state index in [1.54, 1.807) is 19.1 Å². The van der Waals surface area contributed by atoms with Crippen molar-refractivity contribution in [2.75, 3.05) is 23.7 Å². The lowest BCUT2D eigenvalue weighted by molar-refractivity contribution is -0.138. The van der Waals surface area contributed by atoms with E-state index in [4.69, 9.17) is 0 Å². The zero-order valence-electron chi connectivity index (χ0n) is 18.9. The van der Waals surface area contributed by atoms with Crippen LogP contribution in [0.5, 0.6) is 0 Å². The zero-order chi connectivity index (χ0) is 24.1. The van der Waals surface area contributed by atoms with Gasteiger partial charge in [0.2, 0.25) is 0 Å². The second-order valence-corrected chi connectivity index (χ2v) is 8.47. The zero-order valence-corrected chi connectivity index (χ0v) is 18.9. The molecule has 0 spiro atoms. The van der Waals surface area contributed by atoms with Crippen LogP contribution >= 0.6 is 0 Å². The molecule has 0 radical (unpaired) electrons. The van der Waals surface area contributed by atoms with Crippen LogP contribution < -0.4 is 16.0 Å². The van der Waals surface area contributed by atoms with Gasteiger partial charge in [-0.05, 0) is 54.8 Å². The Kier molecular flexibility index (Phi) is 7.09. The van der Waals surface area contributed by atoms with E-state index in [-0.39, 0.29) is 17.9 Å². The van der Waals surface area contributed by atoms with E-state index in [2.05, 4.69) is 22.0 Å². The van der Waals surface area contributed by atoms with Crippen LogP contribution in [0.25, 0.3) is 0 Å². The predicted molar refractivity (Wildman–Crippen MR) is 130 cm³/mol. The summed E-state index contributed by atoms with van der Waals surface area (Å²) in [5.41, 5.74) is 4.40. The molecule has 1 aliphatic heterocycles. The number of carboxylic acid groups (broad SMARTS) is 1. The largest absolute Gasteiger partial charge is 0.481 e. The first-order valence-electron chi connectivity index (χ1n) is 11.3. The summed E-state index contributed by atoms with van der Waals surface area (Å²) >= 11 is 0. The highest BCUT2D eigenvalue weighted by atomic mass is 19.1. The summed E-state index contributed by atoms with van der Waals surface area (Å²) in [7, 11) is 0. The number of carbonyl (C=O) groups is 1. The number of nitriles is 1. The summed E-state index contributed by atoms with van der Waals surface area (Å²) in [6, 6.07) is 22.2. The molecule has 34 heavy (non-hydrogen) atoms. The lowest BCUT2D eigenvalue weighted by Crippen LogP contribution is -2.44. The number of nitrogens with zero attached hydrogens (tertiary/aromatic N) is 1. The molecule has 6 nitrogen and oxygen atoms in total. The van der Waals surface area contributed by atoms with Crippen molar-refractivity contribution in [3.05, 3.63) is 94.8 Å². The lowest BCUT2D eigenvalue weighted by Gasteiger charge is -2.35. The molecular formula is C27H27FN4O2. The summed E-state index contributed by atoms with van der Waals surface area (Å²) < 4.78 is 14.5. The average Bonchev–Trinajstić information content (AvgIpc) is 2.87. The molecule has 1 aliphatic rings. The highest BCUT2D eigenvalue weighted by molar-refractivity contribution is 5.77. The maximum atomic E-state index is 14.5. The molecule has 0 aliphatic carbocycles. The number of benzene rings is 3. The molecule has 0 amide bonds. The fraction of sp³-hybridized carbons (Fsp3) is 0.259. The van der Waals surface area contributed by atoms with Gasteiger partial charge in [-0.3, -0.25) is 4.79 Å². The first-order chi connectivity index (χ1) is 16.5. The number of para-hydroxylation sites is 1. The molecule has 0 unspecified atom stereocenters.